The fourth-order valence-electron chi connectivity index (χ4n) is 4.49. The average Bonchev–Trinajstić information content (AvgIpc) is 2.75. The maximum atomic E-state index is 13.0. The molecule has 0 aromatic heterocycles. The third-order valence-electron chi connectivity index (χ3n) is 5.65. The van der Waals surface area contributed by atoms with E-state index in [0.717, 1.165) is 44.9 Å². The number of hydrogen-bond acceptors (Lipinski definition) is 2. The second-order valence-electron chi connectivity index (χ2n) is 7.52. The summed E-state index contributed by atoms with van der Waals surface area (Å²) in [4.78, 5) is 27.1. The molecule has 1 N–H and O–H groups in total. The second-order valence-corrected chi connectivity index (χ2v) is 7.52. The Balaban J connectivity index is 1.87. The van der Waals surface area contributed by atoms with Gasteiger partial charge in [0.2, 0.25) is 11.8 Å². The first kappa shape index (κ1) is 13.9. The first-order valence-corrected chi connectivity index (χ1v) is 8.07. The van der Waals surface area contributed by atoms with Gasteiger partial charge in [0, 0.05) is 6.04 Å². The van der Waals surface area contributed by atoms with Gasteiger partial charge in [-0.3, -0.25) is 9.59 Å². The van der Waals surface area contributed by atoms with Gasteiger partial charge in [-0.25, -0.2) is 0 Å². The van der Waals surface area contributed by atoms with Gasteiger partial charge in [0.15, 0.2) is 0 Å². The normalized spacial score (nSPS) is 32.5. The summed E-state index contributed by atoms with van der Waals surface area (Å²) in [7, 11) is 0. The molecular weight excluding hydrogens is 252 g/mol. The van der Waals surface area contributed by atoms with Gasteiger partial charge in [-0.05, 0) is 31.1 Å². The lowest BCUT2D eigenvalue weighted by molar-refractivity contribution is -0.156. The van der Waals surface area contributed by atoms with E-state index in [9.17, 15) is 9.59 Å². The van der Waals surface area contributed by atoms with E-state index < -0.39 is 5.54 Å². The molecule has 3 rings (SSSR count). The quantitative estimate of drug-likeness (QED) is 0.799. The molecule has 2 aliphatic carbocycles. The molecule has 20 heavy (non-hydrogen) atoms. The number of carbonyl (C=O) groups excluding carboxylic acids is 2. The van der Waals surface area contributed by atoms with Crippen molar-refractivity contribution in [1.29, 1.82) is 0 Å². The fraction of sp³-hybridized carbons (Fsp3) is 0.875. The highest BCUT2D eigenvalue weighted by Gasteiger charge is 2.51. The summed E-state index contributed by atoms with van der Waals surface area (Å²) in [6, 6.07) is 0.236. The van der Waals surface area contributed by atoms with Gasteiger partial charge >= 0.3 is 0 Å². The van der Waals surface area contributed by atoms with Gasteiger partial charge in [-0.2, -0.15) is 0 Å². The van der Waals surface area contributed by atoms with Gasteiger partial charge < -0.3 is 10.2 Å². The largest absolute Gasteiger partial charge is 0.340 e. The molecule has 1 atom stereocenters. The Labute approximate surface area is 121 Å². The van der Waals surface area contributed by atoms with Crippen molar-refractivity contribution in [3.05, 3.63) is 0 Å². The number of piperazine rings is 1. The van der Waals surface area contributed by atoms with Crippen LogP contribution in [0, 0.1) is 5.41 Å². The Morgan fingerprint density at radius 2 is 1.75 bits per heavy atom. The van der Waals surface area contributed by atoms with Crippen LogP contribution in [0.1, 0.15) is 65.2 Å². The zero-order valence-electron chi connectivity index (χ0n) is 12.7. The minimum absolute atomic E-state index is 0.0363. The smallest absolute Gasteiger partial charge is 0.249 e. The van der Waals surface area contributed by atoms with E-state index in [1.165, 1.54) is 6.42 Å². The Morgan fingerprint density at radius 3 is 2.35 bits per heavy atom. The number of nitrogens with zero attached hydrogens (tertiary/aromatic N) is 1. The summed E-state index contributed by atoms with van der Waals surface area (Å²) in [6.07, 6.45) is 8.28. The maximum Gasteiger partial charge on any atom is 0.249 e. The molecule has 0 aromatic carbocycles. The maximum absolute atomic E-state index is 13.0. The predicted molar refractivity (Wildman–Crippen MR) is 77.1 cm³/mol. The molecule has 1 saturated heterocycles. The molecule has 1 aliphatic heterocycles. The van der Waals surface area contributed by atoms with Gasteiger partial charge in [0.05, 0.1) is 6.54 Å². The van der Waals surface area contributed by atoms with Crippen LogP contribution in [0.2, 0.25) is 0 Å². The van der Waals surface area contributed by atoms with Crippen LogP contribution in [-0.2, 0) is 9.59 Å². The second kappa shape index (κ2) is 4.74. The minimum Gasteiger partial charge on any atom is -0.340 e. The monoisotopic (exact) mass is 278 g/mol. The number of amides is 2. The van der Waals surface area contributed by atoms with Gasteiger partial charge in [-0.15, -0.1) is 0 Å². The molecule has 3 fully saturated rings. The highest BCUT2D eigenvalue weighted by atomic mass is 16.2. The Kier molecular flexibility index (Phi) is 3.30. The Bertz CT molecular complexity index is 424. The van der Waals surface area contributed by atoms with Gasteiger partial charge in [0.1, 0.15) is 5.54 Å². The summed E-state index contributed by atoms with van der Waals surface area (Å²) in [5.74, 6) is 0.228. The number of hydrogen-bond donors (Lipinski definition) is 1. The standard InChI is InChI=1S/C16H26N2O2/c1-15(2)8-6-7-12(15)18-11-13(19)17-16(14(18)20)9-4-3-5-10-16/h12H,3-11H2,1-2H3,(H,17,19). The van der Waals surface area contributed by atoms with Crippen LogP contribution in [0.5, 0.6) is 0 Å². The summed E-state index contributed by atoms with van der Waals surface area (Å²) in [5, 5.41) is 3.03. The highest BCUT2D eigenvalue weighted by molar-refractivity contribution is 5.98. The Morgan fingerprint density at radius 1 is 1.05 bits per heavy atom. The number of carbonyl (C=O) groups is 2. The average molecular weight is 278 g/mol. The third-order valence-corrected chi connectivity index (χ3v) is 5.65. The predicted octanol–water partition coefficient (Wildman–Crippen LogP) is 2.23. The zero-order chi connectivity index (χ0) is 14.4. The lowest BCUT2D eigenvalue weighted by Gasteiger charge is -2.48. The molecule has 1 unspecified atom stereocenters. The van der Waals surface area contributed by atoms with Crippen molar-refractivity contribution in [3.8, 4) is 0 Å². The summed E-state index contributed by atoms with van der Waals surface area (Å²) >= 11 is 0. The lowest BCUT2D eigenvalue weighted by atomic mass is 9.77. The molecule has 0 aromatic rings. The van der Waals surface area contributed by atoms with Crippen LogP contribution in [0.25, 0.3) is 0 Å². The topological polar surface area (TPSA) is 49.4 Å². The van der Waals surface area contributed by atoms with Crippen LogP contribution < -0.4 is 5.32 Å². The van der Waals surface area contributed by atoms with E-state index in [1.807, 2.05) is 4.90 Å². The van der Waals surface area contributed by atoms with Crippen LogP contribution >= 0.6 is 0 Å². The van der Waals surface area contributed by atoms with E-state index in [0.29, 0.717) is 0 Å². The van der Waals surface area contributed by atoms with Crippen molar-refractivity contribution >= 4 is 11.8 Å². The molecular formula is C16H26N2O2. The minimum atomic E-state index is -0.577. The third kappa shape index (κ3) is 2.13. The number of rotatable bonds is 1. The highest BCUT2D eigenvalue weighted by Crippen LogP contribution is 2.43. The molecule has 1 heterocycles. The van der Waals surface area contributed by atoms with E-state index in [-0.39, 0.29) is 29.8 Å². The summed E-state index contributed by atoms with van der Waals surface area (Å²) < 4.78 is 0. The van der Waals surface area contributed by atoms with Crippen molar-refractivity contribution in [2.24, 2.45) is 5.41 Å². The van der Waals surface area contributed by atoms with Crippen molar-refractivity contribution in [2.45, 2.75) is 76.8 Å². The molecule has 2 amide bonds. The molecule has 3 aliphatic rings. The molecule has 112 valence electrons. The first-order valence-electron chi connectivity index (χ1n) is 8.07. The van der Waals surface area contributed by atoms with E-state index in [1.54, 1.807) is 0 Å². The lowest BCUT2D eigenvalue weighted by Crippen LogP contribution is -2.69. The zero-order valence-corrected chi connectivity index (χ0v) is 12.7. The fourth-order valence-corrected chi connectivity index (χ4v) is 4.49. The van der Waals surface area contributed by atoms with E-state index in [2.05, 4.69) is 19.2 Å². The van der Waals surface area contributed by atoms with Crippen molar-refractivity contribution in [3.63, 3.8) is 0 Å². The molecule has 4 nitrogen and oxygen atoms in total. The molecule has 1 spiro atoms. The van der Waals surface area contributed by atoms with Crippen molar-refractivity contribution < 1.29 is 9.59 Å². The molecule has 0 bridgehead atoms. The van der Waals surface area contributed by atoms with Crippen LogP contribution in [-0.4, -0.2) is 34.8 Å². The first-order chi connectivity index (χ1) is 9.45. The molecule has 2 saturated carbocycles. The van der Waals surface area contributed by atoms with E-state index in [4.69, 9.17) is 0 Å². The summed E-state index contributed by atoms with van der Waals surface area (Å²) in [6.45, 7) is 4.73. The SMILES string of the molecule is CC1(C)CCCC1N1CC(=O)NC2(CCCCC2)C1=O. The van der Waals surface area contributed by atoms with Crippen molar-refractivity contribution in [1.82, 2.24) is 10.2 Å². The van der Waals surface area contributed by atoms with Gasteiger partial charge in [-0.1, -0.05) is 39.5 Å². The molecule has 0 radical (unpaired) electrons. The summed E-state index contributed by atoms with van der Waals surface area (Å²) in [5.41, 5.74) is -0.435. The number of nitrogens with one attached hydrogen (secondary N) is 1. The van der Waals surface area contributed by atoms with Crippen LogP contribution in [0.15, 0.2) is 0 Å². The van der Waals surface area contributed by atoms with Crippen molar-refractivity contribution in [2.75, 3.05) is 6.54 Å². The Hall–Kier alpha value is -1.06. The molecule has 4 heteroatoms. The van der Waals surface area contributed by atoms with Gasteiger partial charge in [0.25, 0.3) is 0 Å². The van der Waals surface area contributed by atoms with Crippen LogP contribution in [0.3, 0.4) is 0 Å². The van der Waals surface area contributed by atoms with Crippen LogP contribution in [0.4, 0.5) is 0 Å². The van der Waals surface area contributed by atoms with E-state index >= 15 is 0 Å².